The van der Waals surface area contributed by atoms with Gasteiger partial charge in [-0.2, -0.15) is 5.10 Å². The largest absolute Gasteiger partial charge is 0.384 e. The van der Waals surface area contributed by atoms with E-state index in [9.17, 15) is 0 Å². The minimum Gasteiger partial charge on any atom is -0.384 e. The van der Waals surface area contributed by atoms with Crippen LogP contribution in [0.4, 0.5) is 5.69 Å². The van der Waals surface area contributed by atoms with Gasteiger partial charge in [-0.25, -0.2) is 4.98 Å². The average Bonchev–Trinajstić information content (AvgIpc) is 2.88. The molecule has 1 aromatic heterocycles. The Labute approximate surface area is 81.4 Å². The van der Waals surface area contributed by atoms with Crippen molar-refractivity contribution >= 4 is 5.69 Å². The third kappa shape index (κ3) is 1.08. The zero-order chi connectivity index (χ0) is 9.38. The van der Waals surface area contributed by atoms with Crippen molar-refractivity contribution < 1.29 is 0 Å². The third-order valence-electron chi connectivity index (χ3n) is 2.51. The van der Waals surface area contributed by atoms with E-state index in [1.807, 2.05) is 0 Å². The second-order valence-corrected chi connectivity index (χ2v) is 3.38. The SMILES string of the molecule is c1n[nH]c(-c2ccc3c(c2)NCC3)n1. The van der Waals surface area contributed by atoms with Crippen LogP contribution in [0.5, 0.6) is 0 Å². The molecule has 0 unspecified atom stereocenters. The van der Waals surface area contributed by atoms with E-state index in [2.05, 4.69) is 38.7 Å². The molecule has 0 amide bonds. The van der Waals surface area contributed by atoms with Gasteiger partial charge >= 0.3 is 0 Å². The summed E-state index contributed by atoms with van der Waals surface area (Å²) in [4.78, 5) is 4.12. The molecule has 0 saturated heterocycles. The smallest absolute Gasteiger partial charge is 0.155 e. The predicted molar refractivity (Wildman–Crippen MR) is 54.0 cm³/mol. The van der Waals surface area contributed by atoms with E-state index in [-0.39, 0.29) is 0 Å². The van der Waals surface area contributed by atoms with Crippen LogP contribution in [-0.2, 0) is 6.42 Å². The molecule has 0 saturated carbocycles. The van der Waals surface area contributed by atoms with Crippen LogP contribution in [0.3, 0.4) is 0 Å². The van der Waals surface area contributed by atoms with Crippen molar-refractivity contribution in [1.82, 2.24) is 15.2 Å². The first kappa shape index (κ1) is 7.55. The first-order valence-corrected chi connectivity index (χ1v) is 4.66. The van der Waals surface area contributed by atoms with Crippen LogP contribution < -0.4 is 5.32 Å². The van der Waals surface area contributed by atoms with E-state index in [0.29, 0.717) is 0 Å². The summed E-state index contributed by atoms with van der Waals surface area (Å²) < 4.78 is 0. The molecule has 70 valence electrons. The van der Waals surface area contributed by atoms with Gasteiger partial charge in [0.2, 0.25) is 0 Å². The van der Waals surface area contributed by atoms with Crippen LogP contribution in [0.25, 0.3) is 11.4 Å². The lowest BCUT2D eigenvalue weighted by Gasteiger charge is -2.01. The summed E-state index contributed by atoms with van der Waals surface area (Å²) in [6, 6.07) is 6.34. The van der Waals surface area contributed by atoms with Crippen LogP contribution in [-0.4, -0.2) is 21.7 Å². The molecule has 0 fully saturated rings. The highest BCUT2D eigenvalue weighted by molar-refractivity contribution is 5.67. The lowest BCUT2D eigenvalue weighted by molar-refractivity contribution is 1.09. The monoisotopic (exact) mass is 186 g/mol. The maximum atomic E-state index is 4.12. The first-order chi connectivity index (χ1) is 6.93. The Morgan fingerprint density at radius 3 is 3.14 bits per heavy atom. The van der Waals surface area contributed by atoms with Crippen LogP contribution >= 0.6 is 0 Å². The zero-order valence-corrected chi connectivity index (χ0v) is 7.62. The standard InChI is InChI=1S/C10H10N4/c1-2-8(10-12-6-13-14-10)5-9-7(1)3-4-11-9/h1-2,5-6,11H,3-4H2,(H,12,13,14). The number of fused-ring (bicyclic) bond motifs is 1. The highest BCUT2D eigenvalue weighted by Gasteiger charge is 2.11. The summed E-state index contributed by atoms with van der Waals surface area (Å²) in [6.45, 7) is 1.04. The molecule has 1 aliphatic heterocycles. The summed E-state index contributed by atoms with van der Waals surface area (Å²) in [7, 11) is 0. The molecule has 2 N–H and O–H groups in total. The van der Waals surface area contributed by atoms with E-state index in [4.69, 9.17) is 0 Å². The second kappa shape index (κ2) is 2.83. The maximum Gasteiger partial charge on any atom is 0.155 e. The van der Waals surface area contributed by atoms with Gasteiger partial charge in [0.15, 0.2) is 5.82 Å². The molecule has 0 radical (unpaired) electrons. The van der Waals surface area contributed by atoms with Gasteiger partial charge < -0.3 is 5.32 Å². The molecule has 0 atom stereocenters. The summed E-state index contributed by atoms with van der Waals surface area (Å²) in [5.41, 5.74) is 3.68. The second-order valence-electron chi connectivity index (χ2n) is 3.38. The van der Waals surface area contributed by atoms with Gasteiger partial charge in [0, 0.05) is 17.8 Å². The summed E-state index contributed by atoms with van der Waals surface area (Å²) in [5, 5.41) is 10.0. The number of hydrogen-bond acceptors (Lipinski definition) is 3. The number of aromatic nitrogens is 3. The molecular formula is C10H10N4. The summed E-state index contributed by atoms with van der Waals surface area (Å²) >= 11 is 0. The van der Waals surface area contributed by atoms with Gasteiger partial charge in [-0.3, -0.25) is 5.10 Å². The lowest BCUT2D eigenvalue weighted by atomic mass is 10.1. The molecule has 4 heteroatoms. The van der Waals surface area contributed by atoms with Crippen LogP contribution in [0.2, 0.25) is 0 Å². The highest BCUT2D eigenvalue weighted by atomic mass is 15.2. The Bertz CT molecular complexity index is 447. The van der Waals surface area contributed by atoms with E-state index in [0.717, 1.165) is 24.4 Å². The van der Waals surface area contributed by atoms with Crippen LogP contribution in [0.1, 0.15) is 5.56 Å². The summed E-state index contributed by atoms with van der Waals surface area (Å²) in [6.07, 6.45) is 2.64. The number of H-pyrrole nitrogens is 1. The number of aromatic amines is 1. The zero-order valence-electron chi connectivity index (χ0n) is 7.62. The number of benzene rings is 1. The van der Waals surface area contributed by atoms with Crippen molar-refractivity contribution in [2.24, 2.45) is 0 Å². The molecule has 3 rings (SSSR count). The van der Waals surface area contributed by atoms with Crippen molar-refractivity contribution in [2.45, 2.75) is 6.42 Å². The molecule has 0 aliphatic carbocycles. The lowest BCUT2D eigenvalue weighted by Crippen LogP contribution is -1.91. The third-order valence-corrected chi connectivity index (χ3v) is 2.51. The molecule has 2 heterocycles. The molecule has 0 spiro atoms. The van der Waals surface area contributed by atoms with Crippen molar-refractivity contribution in [1.29, 1.82) is 0 Å². The van der Waals surface area contributed by atoms with Gasteiger partial charge in [0.05, 0.1) is 0 Å². The molecule has 1 aliphatic rings. The molecule has 4 nitrogen and oxygen atoms in total. The minimum absolute atomic E-state index is 0.821. The predicted octanol–water partition coefficient (Wildman–Crippen LogP) is 1.44. The van der Waals surface area contributed by atoms with Gasteiger partial charge in [0.1, 0.15) is 6.33 Å². The molecule has 0 bridgehead atoms. The fraction of sp³-hybridized carbons (Fsp3) is 0.200. The van der Waals surface area contributed by atoms with Crippen molar-refractivity contribution in [3.63, 3.8) is 0 Å². The number of anilines is 1. The fourth-order valence-electron chi connectivity index (χ4n) is 1.78. The Morgan fingerprint density at radius 2 is 2.29 bits per heavy atom. The van der Waals surface area contributed by atoms with E-state index in [1.54, 1.807) is 0 Å². The van der Waals surface area contributed by atoms with Crippen molar-refractivity contribution in [3.8, 4) is 11.4 Å². The van der Waals surface area contributed by atoms with E-state index < -0.39 is 0 Å². The van der Waals surface area contributed by atoms with E-state index >= 15 is 0 Å². The van der Waals surface area contributed by atoms with Gasteiger partial charge in [-0.1, -0.05) is 12.1 Å². The number of hydrogen-bond donors (Lipinski definition) is 2. The van der Waals surface area contributed by atoms with Crippen LogP contribution in [0.15, 0.2) is 24.5 Å². The van der Waals surface area contributed by atoms with Crippen molar-refractivity contribution in [3.05, 3.63) is 30.1 Å². The Kier molecular flexibility index (Phi) is 1.53. The van der Waals surface area contributed by atoms with Gasteiger partial charge in [0.25, 0.3) is 0 Å². The molecule has 2 aromatic rings. The Hall–Kier alpha value is -1.84. The first-order valence-electron chi connectivity index (χ1n) is 4.66. The number of nitrogens with zero attached hydrogens (tertiary/aromatic N) is 2. The Morgan fingerprint density at radius 1 is 1.29 bits per heavy atom. The highest BCUT2D eigenvalue weighted by Crippen LogP contribution is 2.26. The van der Waals surface area contributed by atoms with Gasteiger partial charge in [-0.05, 0) is 18.1 Å². The molecular weight excluding hydrogens is 176 g/mol. The minimum atomic E-state index is 0.821. The Balaban J connectivity index is 2.09. The maximum absolute atomic E-state index is 4.12. The van der Waals surface area contributed by atoms with Gasteiger partial charge in [-0.15, -0.1) is 0 Å². The topological polar surface area (TPSA) is 53.6 Å². The number of rotatable bonds is 1. The van der Waals surface area contributed by atoms with Crippen LogP contribution in [0, 0.1) is 0 Å². The normalized spacial score (nSPS) is 13.7. The molecule has 14 heavy (non-hydrogen) atoms. The number of nitrogens with one attached hydrogen (secondary N) is 2. The fourth-order valence-corrected chi connectivity index (χ4v) is 1.78. The summed E-state index contributed by atoms with van der Waals surface area (Å²) in [5.74, 6) is 0.821. The van der Waals surface area contributed by atoms with Crippen molar-refractivity contribution in [2.75, 3.05) is 11.9 Å². The quantitative estimate of drug-likeness (QED) is 0.708. The average molecular weight is 186 g/mol. The molecule has 1 aromatic carbocycles. The van der Waals surface area contributed by atoms with E-state index in [1.165, 1.54) is 17.6 Å².